The fraction of sp³-hybridized carbons (Fsp3) is 1.00. The molecule has 0 aromatic rings. The first kappa shape index (κ1) is 7.60. The van der Waals surface area contributed by atoms with E-state index >= 15 is 0 Å². The van der Waals surface area contributed by atoms with Crippen molar-refractivity contribution in [2.24, 2.45) is 23.0 Å². The van der Waals surface area contributed by atoms with Crippen molar-refractivity contribution in [3.63, 3.8) is 0 Å². The molecule has 0 bridgehead atoms. The van der Waals surface area contributed by atoms with E-state index in [1.165, 1.54) is 19.3 Å². The zero-order chi connectivity index (χ0) is 8.28. The lowest BCUT2D eigenvalue weighted by Crippen LogP contribution is -2.38. The summed E-state index contributed by atoms with van der Waals surface area (Å²) in [6, 6.07) is 0. The summed E-state index contributed by atoms with van der Waals surface area (Å²) >= 11 is 0. The molecule has 64 valence electrons. The van der Waals surface area contributed by atoms with Crippen molar-refractivity contribution < 1.29 is 0 Å². The van der Waals surface area contributed by atoms with Crippen molar-refractivity contribution in [2.75, 3.05) is 0 Å². The van der Waals surface area contributed by atoms with E-state index in [4.69, 9.17) is 5.73 Å². The first-order valence-corrected chi connectivity index (χ1v) is 4.72. The van der Waals surface area contributed by atoms with Crippen LogP contribution in [-0.4, -0.2) is 5.54 Å². The molecule has 2 N–H and O–H groups in total. The number of nitrogens with two attached hydrogens (primary N) is 1. The fourth-order valence-corrected chi connectivity index (χ4v) is 2.93. The summed E-state index contributed by atoms with van der Waals surface area (Å²) in [6.45, 7) is 6.99. The molecule has 0 amide bonds. The molecule has 2 saturated carbocycles. The minimum atomic E-state index is 0.148. The lowest BCUT2D eigenvalue weighted by molar-refractivity contribution is 0.308. The van der Waals surface area contributed by atoms with E-state index in [2.05, 4.69) is 20.8 Å². The predicted molar refractivity (Wildman–Crippen MR) is 47.2 cm³/mol. The minimum absolute atomic E-state index is 0.148. The summed E-state index contributed by atoms with van der Waals surface area (Å²) in [7, 11) is 0. The molecule has 11 heavy (non-hydrogen) atoms. The molecule has 1 nitrogen and oxygen atoms in total. The Morgan fingerprint density at radius 3 is 2.27 bits per heavy atom. The number of rotatable bonds is 0. The van der Waals surface area contributed by atoms with Gasteiger partial charge in [0.25, 0.3) is 0 Å². The molecule has 0 saturated heterocycles. The topological polar surface area (TPSA) is 26.0 Å². The highest BCUT2D eigenvalue weighted by Gasteiger charge is 2.60. The highest BCUT2D eigenvalue weighted by Crippen LogP contribution is 2.65. The largest absolute Gasteiger partial charge is 0.325 e. The van der Waals surface area contributed by atoms with Gasteiger partial charge in [0.05, 0.1) is 0 Å². The molecule has 2 aliphatic rings. The first-order chi connectivity index (χ1) is 4.93. The Bertz CT molecular complexity index is 179. The SMILES string of the molecule is CC1(N)CCC2C(C1)C2(C)C. The summed E-state index contributed by atoms with van der Waals surface area (Å²) in [5.74, 6) is 1.94. The lowest BCUT2D eigenvalue weighted by atomic mass is 9.84. The Morgan fingerprint density at radius 1 is 1.18 bits per heavy atom. The third-order valence-electron chi connectivity index (χ3n) is 4.00. The van der Waals surface area contributed by atoms with Crippen LogP contribution in [0, 0.1) is 17.3 Å². The first-order valence-electron chi connectivity index (χ1n) is 4.72. The molecular weight excluding hydrogens is 134 g/mol. The molecule has 0 aromatic heterocycles. The summed E-state index contributed by atoms with van der Waals surface area (Å²) in [6.07, 6.45) is 3.85. The van der Waals surface area contributed by atoms with Crippen molar-refractivity contribution in [1.29, 1.82) is 0 Å². The molecule has 0 spiro atoms. The molecule has 2 aliphatic carbocycles. The Kier molecular flexibility index (Phi) is 1.26. The van der Waals surface area contributed by atoms with Gasteiger partial charge in [0, 0.05) is 5.54 Å². The highest BCUT2D eigenvalue weighted by atomic mass is 14.8. The van der Waals surface area contributed by atoms with Crippen LogP contribution in [0.25, 0.3) is 0 Å². The maximum absolute atomic E-state index is 6.12. The maximum Gasteiger partial charge on any atom is 0.0128 e. The van der Waals surface area contributed by atoms with Gasteiger partial charge in [-0.15, -0.1) is 0 Å². The number of hydrogen-bond acceptors (Lipinski definition) is 1. The van der Waals surface area contributed by atoms with Crippen LogP contribution in [0.3, 0.4) is 0 Å². The van der Waals surface area contributed by atoms with Crippen LogP contribution in [-0.2, 0) is 0 Å². The average Bonchev–Trinajstić information content (AvgIpc) is 2.32. The van der Waals surface area contributed by atoms with Gasteiger partial charge in [-0.3, -0.25) is 0 Å². The third-order valence-corrected chi connectivity index (χ3v) is 4.00. The van der Waals surface area contributed by atoms with Gasteiger partial charge < -0.3 is 5.73 Å². The third kappa shape index (κ3) is 1.01. The van der Waals surface area contributed by atoms with Crippen LogP contribution in [0.2, 0.25) is 0 Å². The van der Waals surface area contributed by atoms with Crippen molar-refractivity contribution >= 4 is 0 Å². The van der Waals surface area contributed by atoms with Crippen molar-refractivity contribution in [2.45, 2.75) is 45.6 Å². The predicted octanol–water partition coefficient (Wildman–Crippen LogP) is 2.16. The summed E-state index contributed by atoms with van der Waals surface area (Å²) in [5, 5.41) is 0. The summed E-state index contributed by atoms with van der Waals surface area (Å²) in [4.78, 5) is 0. The van der Waals surface area contributed by atoms with Gasteiger partial charge in [-0.05, 0) is 43.4 Å². The lowest BCUT2D eigenvalue weighted by Gasteiger charge is -2.28. The van der Waals surface area contributed by atoms with Crippen molar-refractivity contribution in [3.8, 4) is 0 Å². The zero-order valence-electron chi connectivity index (χ0n) is 7.85. The van der Waals surface area contributed by atoms with Gasteiger partial charge in [0.1, 0.15) is 0 Å². The highest BCUT2D eigenvalue weighted by molar-refractivity contribution is 5.11. The Balaban J connectivity index is 2.08. The molecule has 0 aromatic carbocycles. The Hall–Kier alpha value is -0.0400. The maximum atomic E-state index is 6.12. The number of fused-ring (bicyclic) bond motifs is 1. The van der Waals surface area contributed by atoms with Crippen molar-refractivity contribution in [3.05, 3.63) is 0 Å². The van der Waals surface area contributed by atoms with E-state index in [0.29, 0.717) is 5.41 Å². The smallest absolute Gasteiger partial charge is 0.0128 e. The second-order valence-electron chi connectivity index (χ2n) is 5.43. The van der Waals surface area contributed by atoms with E-state index in [9.17, 15) is 0 Å². The molecule has 0 heterocycles. The molecule has 2 fully saturated rings. The summed E-state index contributed by atoms with van der Waals surface area (Å²) in [5.41, 5.74) is 6.89. The monoisotopic (exact) mass is 153 g/mol. The fourth-order valence-electron chi connectivity index (χ4n) is 2.93. The Morgan fingerprint density at radius 2 is 1.82 bits per heavy atom. The van der Waals surface area contributed by atoms with Gasteiger partial charge in [0.2, 0.25) is 0 Å². The van der Waals surface area contributed by atoms with Crippen LogP contribution < -0.4 is 5.73 Å². The van der Waals surface area contributed by atoms with Crippen LogP contribution in [0.4, 0.5) is 0 Å². The molecule has 2 rings (SSSR count). The second kappa shape index (κ2) is 1.82. The van der Waals surface area contributed by atoms with Crippen LogP contribution in [0.1, 0.15) is 40.0 Å². The second-order valence-corrected chi connectivity index (χ2v) is 5.43. The van der Waals surface area contributed by atoms with Gasteiger partial charge >= 0.3 is 0 Å². The van der Waals surface area contributed by atoms with E-state index in [1.54, 1.807) is 0 Å². The zero-order valence-corrected chi connectivity index (χ0v) is 7.85. The normalized spacial score (nSPS) is 53.5. The van der Waals surface area contributed by atoms with Gasteiger partial charge in [0.15, 0.2) is 0 Å². The van der Waals surface area contributed by atoms with Gasteiger partial charge in [-0.25, -0.2) is 0 Å². The molecular formula is C10H19N. The van der Waals surface area contributed by atoms with Gasteiger partial charge in [-0.2, -0.15) is 0 Å². The average molecular weight is 153 g/mol. The van der Waals surface area contributed by atoms with E-state index in [-0.39, 0.29) is 5.54 Å². The molecule has 0 radical (unpaired) electrons. The van der Waals surface area contributed by atoms with E-state index < -0.39 is 0 Å². The standard InChI is InChI=1S/C10H19N/c1-9(2)7-4-5-10(3,11)6-8(7)9/h7-8H,4-6,11H2,1-3H3. The molecule has 3 atom stereocenters. The van der Waals surface area contributed by atoms with Crippen LogP contribution >= 0.6 is 0 Å². The van der Waals surface area contributed by atoms with Crippen molar-refractivity contribution in [1.82, 2.24) is 0 Å². The molecule has 3 unspecified atom stereocenters. The van der Waals surface area contributed by atoms with Crippen LogP contribution in [0.5, 0.6) is 0 Å². The van der Waals surface area contributed by atoms with Crippen LogP contribution in [0.15, 0.2) is 0 Å². The number of hydrogen-bond donors (Lipinski definition) is 1. The Labute approximate surface area is 69.4 Å². The summed E-state index contributed by atoms with van der Waals surface area (Å²) < 4.78 is 0. The minimum Gasteiger partial charge on any atom is -0.325 e. The van der Waals surface area contributed by atoms with Gasteiger partial charge in [-0.1, -0.05) is 13.8 Å². The van der Waals surface area contributed by atoms with E-state index in [0.717, 1.165) is 11.8 Å². The van der Waals surface area contributed by atoms with E-state index in [1.807, 2.05) is 0 Å². The quantitative estimate of drug-likeness (QED) is 0.567. The molecule has 1 heteroatoms. The molecule has 0 aliphatic heterocycles.